The molecule has 2 amide bonds. The first-order valence-corrected chi connectivity index (χ1v) is 6.75. The molecule has 1 aromatic rings. The number of benzene rings is 1. The molecule has 0 saturated carbocycles. The third-order valence-corrected chi connectivity index (χ3v) is 2.76. The number of amides is 2. The van der Waals surface area contributed by atoms with Crippen LogP contribution in [0.1, 0.15) is 11.1 Å². The van der Waals surface area contributed by atoms with E-state index >= 15 is 0 Å². The van der Waals surface area contributed by atoms with Crippen molar-refractivity contribution in [1.82, 2.24) is 10.6 Å². The number of carbonyl (C=O) groups is 2. The summed E-state index contributed by atoms with van der Waals surface area (Å²) in [6.45, 7) is 4.59. The molecule has 0 unspecified atom stereocenters. The van der Waals surface area contributed by atoms with Crippen LogP contribution in [0.15, 0.2) is 18.2 Å². The smallest absolute Gasteiger partial charge is 0.258 e. The Hall–Kier alpha value is -2.08. The van der Waals surface area contributed by atoms with Gasteiger partial charge in [-0.25, -0.2) is 0 Å². The highest BCUT2D eigenvalue weighted by atomic mass is 16.5. The van der Waals surface area contributed by atoms with E-state index in [1.807, 2.05) is 32.0 Å². The van der Waals surface area contributed by atoms with Crippen molar-refractivity contribution >= 4 is 11.8 Å². The van der Waals surface area contributed by atoms with Gasteiger partial charge < -0.3 is 20.1 Å². The summed E-state index contributed by atoms with van der Waals surface area (Å²) < 4.78 is 10.2. The first kappa shape index (κ1) is 17.0. The summed E-state index contributed by atoms with van der Waals surface area (Å²) in [5.41, 5.74) is 2.11. The molecule has 0 fully saturated rings. The van der Waals surface area contributed by atoms with Crippen LogP contribution < -0.4 is 15.4 Å². The molecule has 0 aliphatic rings. The van der Waals surface area contributed by atoms with E-state index in [1.54, 1.807) is 7.11 Å². The third-order valence-electron chi connectivity index (χ3n) is 2.76. The van der Waals surface area contributed by atoms with Crippen molar-refractivity contribution in [2.45, 2.75) is 13.8 Å². The summed E-state index contributed by atoms with van der Waals surface area (Å²) in [5.74, 6) is 0.0732. The highest BCUT2D eigenvalue weighted by molar-refractivity contribution is 5.85. The standard InChI is InChI=1S/C15H22N2O4/c1-11-4-5-13(12(2)8-11)21-10-15(19)17-9-14(18)16-6-7-20-3/h4-5,8H,6-7,9-10H2,1-3H3,(H,16,18)(H,17,19). The fourth-order valence-electron chi connectivity index (χ4n) is 1.69. The quantitative estimate of drug-likeness (QED) is 0.687. The van der Waals surface area contributed by atoms with Gasteiger partial charge in [0.2, 0.25) is 5.91 Å². The zero-order chi connectivity index (χ0) is 15.7. The molecule has 1 aromatic carbocycles. The van der Waals surface area contributed by atoms with Gasteiger partial charge in [0, 0.05) is 13.7 Å². The van der Waals surface area contributed by atoms with E-state index in [4.69, 9.17) is 9.47 Å². The zero-order valence-electron chi connectivity index (χ0n) is 12.7. The van der Waals surface area contributed by atoms with Crippen molar-refractivity contribution in [2.75, 3.05) is 33.4 Å². The predicted molar refractivity (Wildman–Crippen MR) is 79.3 cm³/mol. The Balaban J connectivity index is 2.26. The summed E-state index contributed by atoms with van der Waals surface area (Å²) in [7, 11) is 1.55. The van der Waals surface area contributed by atoms with Gasteiger partial charge in [-0.3, -0.25) is 9.59 Å². The Morgan fingerprint density at radius 2 is 1.90 bits per heavy atom. The monoisotopic (exact) mass is 294 g/mol. The summed E-state index contributed by atoms with van der Waals surface area (Å²) in [5, 5.41) is 5.10. The van der Waals surface area contributed by atoms with Gasteiger partial charge in [0.05, 0.1) is 13.2 Å². The Bertz CT molecular complexity index is 489. The van der Waals surface area contributed by atoms with Gasteiger partial charge in [-0.15, -0.1) is 0 Å². The Kier molecular flexibility index (Phi) is 7.25. The molecule has 6 heteroatoms. The Labute approximate surface area is 124 Å². The average Bonchev–Trinajstić information content (AvgIpc) is 2.44. The van der Waals surface area contributed by atoms with Crippen LogP contribution in [-0.2, 0) is 14.3 Å². The van der Waals surface area contributed by atoms with Gasteiger partial charge in [-0.2, -0.15) is 0 Å². The molecule has 0 spiro atoms. The van der Waals surface area contributed by atoms with Crippen molar-refractivity contribution in [3.05, 3.63) is 29.3 Å². The SMILES string of the molecule is COCCNC(=O)CNC(=O)COc1ccc(C)cc1C. The summed E-state index contributed by atoms with van der Waals surface area (Å²) in [4.78, 5) is 23.0. The van der Waals surface area contributed by atoms with Crippen LogP contribution >= 0.6 is 0 Å². The van der Waals surface area contributed by atoms with Crippen LogP contribution in [0.4, 0.5) is 0 Å². The lowest BCUT2D eigenvalue weighted by Gasteiger charge is -2.10. The lowest BCUT2D eigenvalue weighted by molar-refractivity contribution is -0.127. The first-order chi connectivity index (χ1) is 10.0. The normalized spacial score (nSPS) is 10.0. The van der Waals surface area contributed by atoms with Gasteiger partial charge in [0.1, 0.15) is 5.75 Å². The maximum atomic E-state index is 11.6. The van der Waals surface area contributed by atoms with Crippen LogP contribution in [-0.4, -0.2) is 45.2 Å². The van der Waals surface area contributed by atoms with E-state index in [1.165, 1.54) is 0 Å². The predicted octanol–water partition coefficient (Wildman–Crippen LogP) is 0.561. The van der Waals surface area contributed by atoms with Crippen LogP contribution in [0, 0.1) is 13.8 Å². The molecular formula is C15H22N2O4. The molecule has 116 valence electrons. The number of carbonyl (C=O) groups excluding carboxylic acids is 2. The van der Waals surface area contributed by atoms with Gasteiger partial charge in [0.15, 0.2) is 6.61 Å². The minimum atomic E-state index is -0.336. The maximum Gasteiger partial charge on any atom is 0.258 e. The van der Waals surface area contributed by atoms with Gasteiger partial charge >= 0.3 is 0 Å². The molecule has 0 saturated heterocycles. The zero-order valence-corrected chi connectivity index (χ0v) is 12.7. The summed E-state index contributed by atoms with van der Waals surface area (Å²) in [6.07, 6.45) is 0. The molecule has 0 atom stereocenters. The molecule has 21 heavy (non-hydrogen) atoms. The lowest BCUT2D eigenvalue weighted by atomic mass is 10.1. The van der Waals surface area contributed by atoms with Crippen LogP contribution in [0.25, 0.3) is 0 Å². The molecular weight excluding hydrogens is 272 g/mol. The average molecular weight is 294 g/mol. The summed E-state index contributed by atoms with van der Waals surface area (Å²) >= 11 is 0. The van der Waals surface area contributed by atoms with E-state index < -0.39 is 0 Å². The minimum absolute atomic E-state index is 0.0706. The largest absolute Gasteiger partial charge is 0.484 e. The van der Waals surface area contributed by atoms with E-state index in [9.17, 15) is 9.59 Å². The van der Waals surface area contributed by atoms with Crippen molar-refractivity contribution in [3.63, 3.8) is 0 Å². The number of rotatable bonds is 8. The van der Waals surface area contributed by atoms with Gasteiger partial charge in [-0.1, -0.05) is 17.7 Å². The van der Waals surface area contributed by atoms with Gasteiger partial charge in [-0.05, 0) is 25.5 Å². The van der Waals surface area contributed by atoms with Gasteiger partial charge in [0.25, 0.3) is 5.91 Å². The summed E-state index contributed by atoms with van der Waals surface area (Å²) in [6, 6.07) is 5.73. The number of nitrogens with one attached hydrogen (secondary N) is 2. The number of ether oxygens (including phenoxy) is 2. The highest BCUT2D eigenvalue weighted by Crippen LogP contribution is 2.18. The van der Waals surface area contributed by atoms with E-state index in [-0.39, 0.29) is 25.0 Å². The number of hydrogen-bond donors (Lipinski definition) is 2. The topological polar surface area (TPSA) is 76.7 Å². The van der Waals surface area contributed by atoms with Crippen molar-refractivity contribution in [1.29, 1.82) is 0 Å². The fourth-order valence-corrected chi connectivity index (χ4v) is 1.69. The molecule has 0 aromatic heterocycles. The van der Waals surface area contributed by atoms with E-state index in [2.05, 4.69) is 10.6 Å². The van der Waals surface area contributed by atoms with Crippen LogP contribution in [0.3, 0.4) is 0 Å². The molecule has 6 nitrogen and oxygen atoms in total. The first-order valence-electron chi connectivity index (χ1n) is 6.75. The maximum absolute atomic E-state index is 11.6. The molecule has 0 bridgehead atoms. The van der Waals surface area contributed by atoms with Crippen LogP contribution in [0.2, 0.25) is 0 Å². The number of aryl methyl sites for hydroxylation is 2. The van der Waals surface area contributed by atoms with E-state index in [0.29, 0.717) is 18.9 Å². The van der Waals surface area contributed by atoms with Crippen molar-refractivity contribution in [2.24, 2.45) is 0 Å². The molecule has 0 heterocycles. The Morgan fingerprint density at radius 1 is 1.14 bits per heavy atom. The Morgan fingerprint density at radius 3 is 2.57 bits per heavy atom. The molecule has 2 N–H and O–H groups in total. The van der Waals surface area contributed by atoms with Crippen molar-refractivity contribution in [3.8, 4) is 5.75 Å². The van der Waals surface area contributed by atoms with E-state index in [0.717, 1.165) is 11.1 Å². The lowest BCUT2D eigenvalue weighted by Crippen LogP contribution is -2.39. The second kappa shape index (κ2) is 8.97. The van der Waals surface area contributed by atoms with Crippen molar-refractivity contribution < 1.29 is 19.1 Å². The number of methoxy groups -OCH3 is 1. The molecule has 0 aliphatic carbocycles. The van der Waals surface area contributed by atoms with Crippen LogP contribution in [0.5, 0.6) is 5.75 Å². The number of hydrogen-bond acceptors (Lipinski definition) is 4. The highest BCUT2D eigenvalue weighted by Gasteiger charge is 2.07. The minimum Gasteiger partial charge on any atom is -0.484 e. The fraction of sp³-hybridized carbons (Fsp3) is 0.467. The molecule has 0 aliphatic heterocycles. The third kappa shape index (κ3) is 6.76. The second-order valence-electron chi connectivity index (χ2n) is 4.68. The molecule has 1 rings (SSSR count). The molecule has 0 radical (unpaired) electrons. The second-order valence-corrected chi connectivity index (χ2v) is 4.68.